The number of unbranched alkanes of at least 4 members (excludes halogenated alkanes) is 37. The van der Waals surface area contributed by atoms with Gasteiger partial charge in [-0.25, -0.2) is 4.57 Å². The second-order valence-corrected chi connectivity index (χ2v) is 25.5. The van der Waals surface area contributed by atoms with E-state index in [1.807, 2.05) is 0 Å². The van der Waals surface area contributed by atoms with E-state index in [4.69, 9.17) is 24.3 Å². The highest BCUT2D eigenvalue weighted by atomic mass is 31.2. The molecule has 0 fully saturated rings. The van der Waals surface area contributed by atoms with Crippen LogP contribution in [0.5, 0.6) is 0 Å². The third-order valence-electron chi connectivity index (χ3n) is 15.6. The number of hydrogen-bond acceptors (Lipinski definition) is 8. The Morgan fingerprint density at radius 2 is 0.632 bits per heavy atom. The zero-order valence-electron chi connectivity index (χ0n) is 56.5. The summed E-state index contributed by atoms with van der Waals surface area (Å²) in [4.78, 5) is 35.3. The van der Waals surface area contributed by atoms with Crippen LogP contribution in [-0.2, 0) is 32.7 Å². The number of esters is 2. The van der Waals surface area contributed by atoms with Crippen molar-refractivity contribution >= 4 is 19.8 Å². The van der Waals surface area contributed by atoms with Gasteiger partial charge in [-0.05, 0) is 103 Å². The van der Waals surface area contributed by atoms with Gasteiger partial charge in [-0.15, -0.1) is 0 Å². The van der Waals surface area contributed by atoms with E-state index in [9.17, 15) is 19.0 Å². The molecule has 3 N–H and O–H groups in total. The quantitative estimate of drug-likeness (QED) is 0.0264. The van der Waals surface area contributed by atoms with Gasteiger partial charge in [0, 0.05) is 19.4 Å². The third kappa shape index (κ3) is 71.6. The minimum atomic E-state index is -4.41. The van der Waals surface area contributed by atoms with Gasteiger partial charge in [0.25, 0.3) is 0 Å². The molecule has 0 spiro atoms. The minimum absolute atomic E-state index is 0.0436. The molecule has 0 aromatic carbocycles. The van der Waals surface area contributed by atoms with Crippen molar-refractivity contribution in [2.24, 2.45) is 5.73 Å². The molecule has 9 nitrogen and oxygen atoms in total. The number of hydrogen-bond donors (Lipinski definition) is 2. The Morgan fingerprint density at radius 1 is 0.356 bits per heavy atom. The summed E-state index contributed by atoms with van der Waals surface area (Å²) in [5.74, 6) is -0.860. The average Bonchev–Trinajstić information content (AvgIpc) is 3.64. The Bertz CT molecular complexity index is 1800. The van der Waals surface area contributed by atoms with E-state index in [0.717, 1.165) is 89.9 Å². The molecule has 87 heavy (non-hydrogen) atoms. The van der Waals surface area contributed by atoms with Gasteiger partial charge in [0.1, 0.15) is 6.61 Å². The van der Waals surface area contributed by atoms with Crippen molar-refractivity contribution in [3.8, 4) is 0 Å². The first-order valence-electron chi connectivity index (χ1n) is 36.4. The largest absolute Gasteiger partial charge is 0.472 e. The maximum atomic E-state index is 12.7. The summed E-state index contributed by atoms with van der Waals surface area (Å²) in [5.41, 5.74) is 5.40. The zero-order valence-corrected chi connectivity index (χ0v) is 57.4. The first-order valence-corrected chi connectivity index (χ1v) is 37.9. The summed E-state index contributed by atoms with van der Waals surface area (Å²) >= 11 is 0. The predicted molar refractivity (Wildman–Crippen MR) is 376 cm³/mol. The van der Waals surface area contributed by atoms with Crippen LogP contribution in [0.4, 0.5) is 0 Å². The van der Waals surface area contributed by atoms with E-state index in [1.54, 1.807) is 0 Å². The number of phosphoric ester groups is 1. The van der Waals surface area contributed by atoms with Gasteiger partial charge in [-0.3, -0.25) is 18.6 Å². The fraction of sp³-hybridized carbons (Fsp3) is 0.740. The fourth-order valence-corrected chi connectivity index (χ4v) is 11.1. The Balaban J connectivity index is 3.83. The number of carbonyl (C=O) groups is 2. The Labute approximate surface area is 537 Å². The topological polar surface area (TPSA) is 134 Å². The van der Waals surface area contributed by atoms with Crippen LogP contribution in [0.3, 0.4) is 0 Å². The van der Waals surface area contributed by atoms with E-state index in [-0.39, 0.29) is 38.6 Å². The first kappa shape index (κ1) is 83.7. The van der Waals surface area contributed by atoms with Gasteiger partial charge < -0.3 is 20.1 Å². The molecule has 0 radical (unpaired) electrons. The molecule has 10 heteroatoms. The normalized spacial score (nSPS) is 13.6. The third-order valence-corrected chi connectivity index (χ3v) is 16.6. The minimum Gasteiger partial charge on any atom is -0.462 e. The zero-order chi connectivity index (χ0) is 63.0. The van der Waals surface area contributed by atoms with Crippen LogP contribution in [0.25, 0.3) is 0 Å². The van der Waals surface area contributed by atoms with Crippen LogP contribution in [0.2, 0.25) is 0 Å². The molecule has 0 rings (SSSR count). The number of allylic oxidation sites excluding steroid dienone is 18. The average molecular weight is 1230 g/mol. The van der Waals surface area contributed by atoms with Crippen LogP contribution in [-0.4, -0.2) is 49.3 Å². The lowest BCUT2D eigenvalue weighted by atomic mass is 10.0. The lowest BCUT2D eigenvalue weighted by Gasteiger charge is -2.19. The van der Waals surface area contributed by atoms with Gasteiger partial charge in [0.2, 0.25) is 0 Å². The summed E-state index contributed by atoms with van der Waals surface area (Å²) in [6.45, 7) is 3.61. The maximum absolute atomic E-state index is 12.7. The Hall–Kier alpha value is -3.33. The van der Waals surface area contributed by atoms with Crippen molar-refractivity contribution in [2.75, 3.05) is 26.4 Å². The van der Waals surface area contributed by atoms with Crippen molar-refractivity contribution in [3.63, 3.8) is 0 Å². The van der Waals surface area contributed by atoms with Crippen LogP contribution in [0.1, 0.15) is 335 Å². The number of carbonyl (C=O) groups excluding carboxylic acids is 2. The molecule has 0 saturated carbocycles. The molecule has 502 valence electrons. The van der Waals surface area contributed by atoms with E-state index in [1.165, 1.54) is 212 Å². The molecule has 0 aliphatic heterocycles. The van der Waals surface area contributed by atoms with E-state index in [0.29, 0.717) is 6.42 Å². The van der Waals surface area contributed by atoms with Crippen molar-refractivity contribution in [3.05, 3.63) is 109 Å². The van der Waals surface area contributed by atoms with Crippen LogP contribution in [0, 0.1) is 0 Å². The van der Waals surface area contributed by atoms with Gasteiger partial charge in [-0.2, -0.15) is 0 Å². The summed E-state index contributed by atoms with van der Waals surface area (Å²) in [5, 5.41) is 0. The standard InChI is InChI=1S/C77H136NO8P/c1-3-5-7-9-11-13-15-17-19-21-23-25-27-29-30-31-32-33-34-35-36-37-38-39-40-41-42-43-44-46-47-49-51-53-55-57-59-61-63-65-67-69-76(79)83-73-75(74-85-87(81,82)84-72-71-78)86-77(80)70-68-66-64-62-60-58-56-54-52-50-48-45-28-26-24-22-20-18-16-14-12-10-8-6-4-2/h6,8,12,14-15,17-18,20-21,23-24,26,45,48,52,54,58,60,75H,3-5,7,9-11,13,16,19,22,25,27-44,46-47,49-51,53,55-57,59,61-74,78H2,1-2H3,(H,81,82)/b8-6-,14-12-,17-15-,20-18-,23-21-,26-24-,48-45-,54-52-,60-58-. The molecule has 0 aliphatic rings. The van der Waals surface area contributed by atoms with Crippen LogP contribution < -0.4 is 5.73 Å². The van der Waals surface area contributed by atoms with E-state index < -0.39 is 26.5 Å². The Morgan fingerprint density at radius 3 is 0.954 bits per heavy atom. The van der Waals surface area contributed by atoms with E-state index >= 15 is 0 Å². The maximum Gasteiger partial charge on any atom is 0.472 e. The second-order valence-electron chi connectivity index (χ2n) is 24.1. The molecular weight excluding hydrogens is 1100 g/mol. The highest BCUT2D eigenvalue weighted by molar-refractivity contribution is 7.47. The Kier molecular flexibility index (Phi) is 69.0. The number of rotatable bonds is 68. The summed E-state index contributed by atoms with van der Waals surface area (Å²) in [6.07, 6.45) is 99.3. The number of phosphoric acid groups is 1. The molecule has 0 aromatic heterocycles. The lowest BCUT2D eigenvalue weighted by molar-refractivity contribution is -0.161. The molecule has 2 atom stereocenters. The molecule has 0 aromatic rings. The van der Waals surface area contributed by atoms with Gasteiger partial charge in [0.15, 0.2) is 6.10 Å². The number of ether oxygens (including phenoxy) is 2. The summed E-state index contributed by atoms with van der Waals surface area (Å²) < 4.78 is 33.1. The molecular formula is C77H136NO8P. The van der Waals surface area contributed by atoms with Gasteiger partial charge in [-0.1, -0.05) is 329 Å². The molecule has 0 heterocycles. The van der Waals surface area contributed by atoms with Crippen molar-refractivity contribution in [1.29, 1.82) is 0 Å². The van der Waals surface area contributed by atoms with Crippen LogP contribution >= 0.6 is 7.82 Å². The molecule has 2 unspecified atom stereocenters. The van der Waals surface area contributed by atoms with E-state index in [2.05, 4.69) is 123 Å². The van der Waals surface area contributed by atoms with Crippen molar-refractivity contribution in [1.82, 2.24) is 0 Å². The second kappa shape index (κ2) is 71.7. The highest BCUT2D eigenvalue weighted by Crippen LogP contribution is 2.43. The predicted octanol–water partition coefficient (Wildman–Crippen LogP) is 24.1. The van der Waals surface area contributed by atoms with Gasteiger partial charge in [0.05, 0.1) is 13.2 Å². The van der Waals surface area contributed by atoms with Crippen LogP contribution in [0.15, 0.2) is 109 Å². The van der Waals surface area contributed by atoms with Crippen molar-refractivity contribution in [2.45, 2.75) is 341 Å². The van der Waals surface area contributed by atoms with Crippen molar-refractivity contribution < 1.29 is 37.6 Å². The monoisotopic (exact) mass is 1230 g/mol. The summed E-state index contributed by atoms with van der Waals surface area (Å²) in [6, 6.07) is 0. The smallest absolute Gasteiger partial charge is 0.462 e. The lowest BCUT2D eigenvalue weighted by Crippen LogP contribution is -2.29. The molecule has 0 amide bonds. The molecule has 0 aliphatic carbocycles. The number of nitrogens with two attached hydrogens (primary N) is 1. The SMILES string of the molecule is CC/C=C\C/C=C\C/C=C\C/C=C\C/C=C\C/C=C\C/C=C\CCCCCC(=O)OC(COC(=O)CCCCCCCCCCCCCCCCCCCCCCCCCCCCCCC/C=C\C/C=C\CCCCCCC)COP(=O)(O)OCCN. The first-order chi connectivity index (χ1) is 42.8. The fourth-order valence-electron chi connectivity index (χ4n) is 10.3. The molecule has 0 bridgehead atoms. The molecule has 0 saturated heterocycles. The summed E-state index contributed by atoms with van der Waals surface area (Å²) in [7, 11) is -4.41. The van der Waals surface area contributed by atoms with Gasteiger partial charge >= 0.3 is 19.8 Å². The highest BCUT2D eigenvalue weighted by Gasteiger charge is 2.26.